The summed E-state index contributed by atoms with van der Waals surface area (Å²) in [6, 6.07) is 2.02. The van der Waals surface area contributed by atoms with Gasteiger partial charge < -0.3 is 9.67 Å². The molecule has 0 saturated carbocycles. The molecular weight excluding hydrogens is 290 g/mol. The van der Waals surface area contributed by atoms with Gasteiger partial charge in [0, 0.05) is 13.1 Å². The van der Waals surface area contributed by atoms with E-state index >= 15 is 0 Å². The maximum absolute atomic E-state index is 10.7. The Kier molecular flexibility index (Phi) is 5.00. The molecule has 0 atom stereocenters. The van der Waals surface area contributed by atoms with E-state index in [9.17, 15) is 4.79 Å². The predicted octanol–water partition coefficient (Wildman–Crippen LogP) is 1.92. The van der Waals surface area contributed by atoms with Crippen molar-refractivity contribution in [3.8, 4) is 11.5 Å². The van der Waals surface area contributed by atoms with E-state index < -0.39 is 5.97 Å². The third kappa shape index (κ3) is 3.26. The van der Waals surface area contributed by atoms with Gasteiger partial charge in [-0.05, 0) is 26.3 Å². The van der Waals surface area contributed by atoms with Gasteiger partial charge >= 0.3 is 5.97 Å². The van der Waals surface area contributed by atoms with Crippen LogP contribution in [-0.2, 0) is 24.3 Å². The highest BCUT2D eigenvalue weighted by molar-refractivity contribution is 7.99. The van der Waals surface area contributed by atoms with Gasteiger partial charge in [-0.2, -0.15) is 5.10 Å². The molecular formula is C13H19N5O2S. The topological polar surface area (TPSA) is 85.8 Å². The molecule has 0 aliphatic heterocycles. The quantitative estimate of drug-likeness (QED) is 0.786. The van der Waals surface area contributed by atoms with Crippen molar-refractivity contribution in [1.82, 2.24) is 24.5 Å². The molecule has 0 aromatic carbocycles. The lowest BCUT2D eigenvalue weighted by Crippen LogP contribution is -2.06. The van der Waals surface area contributed by atoms with Crippen molar-refractivity contribution in [2.45, 2.75) is 45.4 Å². The number of rotatable bonds is 7. The van der Waals surface area contributed by atoms with Crippen LogP contribution in [0.15, 0.2) is 11.2 Å². The largest absolute Gasteiger partial charge is 0.481 e. The van der Waals surface area contributed by atoms with Gasteiger partial charge in [-0.15, -0.1) is 10.2 Å². The summed E-state index contributed by atoms with van der Waals surface area (Å²) in [4.78, 5) is 10.7. The Morgan fingerprint density at radius 2 is 2.05 bits per heavy atom. The first-order valence-electron chi connectivity index (χ1n) is 6.95. The zero-order valence-electron chi connectivity index (χ0n) is 12.4. The second-order valence-corrected chi connectivity index (χ2v) is 5.37. The van der Waals surface area contributed by atoms with Crippen molar-refractivity contribution in [2.75, 3.05) is 5.75 Å². The molecule has 0 aliphatic carbocycles. The van der Waals surface area contributed by atoms with Crippen molar-refractivity contribution in [1.29, 1.82) is 0 Å². The lowest BCUT2D eigenvalue weighted by Gasteiger charge is -2.07. The highest BCUT2D eigenvalue weighted by atomic mass is 32.2. The molecule has 2 aromatic rings. The summed E-state index contributed by atoms with van der Waals surface area (Å²) in [5.74, 6) is -0.149. The zero-order chi connectivity index (χ0) is 15.4. The molecule has 114 valence electrons. The van der Waals surface area contributed by atoms with Crippen LogP contribution in [0.5, 0.6) is 0 Å². The van der Waals surface area contributed by atoms with Crippen LogP contribution in [0.3, 0.4) is 0 Å². The van der Waals surface area contributed by atoms with Gasteiger partial charge in [0.25, 0.3) is 0 Å². The average molecular weight is 309 g/mol. The molecule has 2 rings (SSSR count). The van der Waals surface area contributed by atoms with Crippen LogP contribution in [0.25, 0.3) is 11.5 Å². The third-order valence-corrected chi connectivity index (χ3v) is 4.03. The molecule has 0 spiro atoms. The number of hydrogen-bond acceptors (Lipinski definition) is 5. The van der Waals surface area contributed by atoms with E-state index in [-0.39, 0.29) is 5.75 Å². The zero-order valence-corrected chi connectivity index (χ0v) is 13.2. The summed E-state index contributed by atoms with van der Waals surface area (Å²) in [6.45, 7) is 7.52. The normalized spacial score (nSPS) is 11.0. The molecule has 2 heterocycles. The molecule has 0 aliphatic rings. The smallest absolute Gasteiger partial charge is 0.313 e. The standard InChI is InChI=1S/C13H19N5O2S/c1-4-9-7-10(18(6-3)16-9)12-14-15-13(17(12)5-2)21-8-11(19)20/h7H,4-6,8H2,1-3H3,(H,19,20). The molecule has 0 radical (unpaired) electrons. The molecule has 0 fully saturated rings. The number of aryl methyl sites for hydroxylation is 2. The summed E-state index contributed by atoms with van der Waals surface area (Å²) in [5, 5.41) is 22.3. The van der Waals surface area contributed by atoms with Crippen molar-refractivity contribution < 1.29 is 9.90 Å². The molecule has 0 amide bonds. The summed E-state index contributed by atoms with van der Waals surface area (Å²) < 4.78 is 3.83. The first-order chi connectivity index (χ1) is 10.1. The van der Waals surface area contributed by atoms with Crippen molar-refractivity contribution in [2.24, 2.45) is 0 Å². The van der Waals surface area contributed by atoms with E-state index in [1.807, 2.05) is 29.2 Å². The summed E-state index contributed by atoms with van der Waals surface area (Å²) >= 11 is 1.18. The Morgan fingerprint density at radius 1 is 1.29 bits per heavy atom. The summed E-state index contributed by atoms with van der Waals surface area (Å²) in [5.41, 5.74) is 1.93. The Hall–Kier alpha value is -1.83. The van der Waals surface area contributed by atoms with E-state index in [0.29, 0.717) is 11.7 Å². The average Bonchev–Trinajstić information content (AvgIpc) is 3.07. The van der Waals surface area contributed by atoms with Crippen LogP contribution in [0.1, 0.15) is 26.5 Å². The number of aliphatic carboxylic acids is 1. The van der Waals surface area contributed by atoms with Gasteiger partial charge in [-0.1, -0.05) is 18.7 Å². The van der Waals surface area contributed by atoms with E-state index in [4.69, 9.17) is 5.11 Å². The first-order valence-corrected chi connectivity index (χ1v) is 7.94. The number of thioether (sulfide) groups is 1. The minimum atomic E-state index is -0.862. The fraction of sp³-hybridized carbons (Fsp3) is 0.538. The van der Waals surface area contributed by atoms with Crippen LogP contribution < -0.4 is 0 Å². The molecule has 8 heteroatoms. The van der Waals surface area contributed by atoms with Crippen LogP contribution in [0.4, 0.5) is 0 Å². The van der Waals surface area contributed by atoms with Gasteiger partial charge in [0.1, 0.15) is 5.69 Å². The monoisotopic (exact) mass is 309 g/mol. The van der Waals surface area contributed by atoms with Crippen LogP contribution >= 0.6 is 11.8 Å². The van der Waals surface area contributed by atoms with Gasteiger partial charge in [0.15, 0.2) is 11.0 Å². The van der Waals surface area contributed by atoms with Crippen LogP contribution in [0.2, 0.25) is 0 Å². The van der Waals surface area contributed by atoms with Crippen molar-refractivity contribution in [3.05, 3.63) is 11.8 Å². The molecule has 21 heavy (non-hydrogen) atoms. The lowest BCUT2D eigenvalue weighted by atomic mass is 10.3. The third-order valence-electron chi connectivity index (χ3n) is 3.08. The van der Waals surface area contributed by atoms with E-state index in [1.54, 1.807) is 0 Å². The minimum absolute atomic E-state index is 0.0224. The Bertz CT molecular complexity index is 635. The van der Waals surface area contributed by atoms with E-state index in [1.165, 1.54) is 11.8 Å². The molecule has 1 N–H and O–H groups in total. The van der Waals surface area contributed by atoms with Crippen LogP contribution in [0, 0.1) is 0 Å². The van der Waals surface area contributed by atoms with Crippen molar-refractivity contribution in [3.63, 3.8) is 0 Å². The Balaban J connectivity index is 2.39. The minimum Gasteiger partial charge on any atom is -0.481 e. The van der Waals surface area contributed by atoms with Gasteiger partial charge in [0.05, 0.1) is 11.4 Å². The fourth-order valence-electron chi connectivity index (χ4n) is 2.06. The van der Waals surface area contributed by atoms with E-state index in [0.717, 1.165) is 30.2 Å². The number of carboxylic acid groups (broad SMARTS) is 1. The molecule has 0 bridgehead atoms. The van der Waals surface area contributed by atoms with E-state index in [2.05, 4.69) is 22.2 Å². The summed E-state index contributed by atoms with van der Waals surface area (Å²) in [6.07, 6.45) is 0.862. The number of aromatic nitrogens is 5. The molecule has 2 aromatic heterocycles. The fourth-order valence-corrected chi connectivity index (χ4v) is 2.78. The molecule has 0 unspecified atom stereocenters. The SMILES string of the molecule is CCc1cc(-c2nnc(SCC(=O)O)n2CC)n(CC)n1. The maximum Gasteiger partial charge on any atom is 0.313 e. The van der Waals surface area contributed by atoms with Crippen molar-refractivity contribution >= 4 is 17.7 Å². The highest BCUT2D eigenvalue weighted by Crippen LogP contribution is 2.24. The number of hydrogen-bond donors (Lipinski definition) is 1. The van der Waals surface area contributed by atoms with Gasteiger partial charge in [-0.25, -0.2) is 0 Å². The molecule has 7 nitrogen and oxygen atoms in total. The maximum atomic E-state index is 10.7. The highest BCUT2D eigenvalue weighted by Gasteiger charge is 2.18. The lowest BCUT2D eigenvalue weighted by molar-refractivity contribution is -0.133. The second kappa shape index (κ2) is 6.75. The molecule has 0 saturated heterocycles. The number of carboxylic acids is 1. The Labute approximate surface area is 127 Å². The Morgan fingerprint density at radius 3 is 2.62 bits per heavy atom. The first kappa shape index (κ1) is 15.6. The van der Waals surface area contributed by atoms with Gasteiger partial charge in [0.2, 0.25) is 0 Å². The van der Waals surface area contributed by atoms with Gasteiger partial charge in [-0.3, -0.25) is 9.48 Å². The van der Waals surface area contributed by atoms with Crippen LogP contribution in [-0.4, -0.2) is 41.4 Å². The number of carbonyl (C=O) groups is 1. The predicted molar refractivity (Wildman–Crippen MR) is 80.3 cm³/mol. The second-order valence-electron chi connectivity index (χ2n) is 4.42. The number of nitrogens with zero attached hydrogens (tertiary/aromatic N) is 5. The summed E-state index contributed by atoms with van der Waals surface area (Å²) in [7, 11) is 0.